The van der Waals surface area contributed by atoms with Gasteiger partial charge in [0.15, 0.2) is 0 Å². The van der Waals surface area contributed by atoms with Crippen molar-refractivity contribution < 1.29 is 9.90 Å². The van der Waals surface area contributed by atoms with Gasteiger partial charge in [0.05, 0.1) is 16.6 Å². The first kappa shape index (κ1) is 26.1. The standard InChI is InChI=1S/C27H30N4O3S2/c1-3-4-5-9-14-31-26(34)22(36-27(31)35)16-20-23(28-17-21(32)19-12-7-6-8-13-19)29-24-18(2)11-10-15-30(24)25(20)33/h6-8,10-13,15-16,21,28,32H,3-5,9,14,17H2,1-2H3/b22-16-/t21-/m0/s1. The van der Waals surface area contributed by atoms with Crippen molar-refractivity contribution >= 4 is 51.7 Å². The number of nitrogens with one attached hydrogen (secondary N) is 1. The summed E-state index contributed by atoms with van der Waals surface area (Å²) in [5, 5.41) is 13.8. The van der Waals surface area contributed by atoms with Crippen LogP contribution in [0, 0.1) is 6.92 Å². The molecule has 0 bridgehead atoms. The number of nitrogens with zero attached hydrogens (tertiary/aromatic N) is 3. The van der Waals surface area contributed by atoms with Crippen molar-refractivity contribution in [3.8, 4) is 0 Å². The molecule has 9 heteroatoms. The van der Waals surface area contributed by atoms with E-state index in [-0.39, 0.29) is 23.6 Å². The number of aliphatic hydroxyl groups excluding tert-OH is 1. The molecule has 0 aliphatic carbocycles. The van der Waals surface area contributed by atoms with E-state index < -0.39 is 6.10 Å². The van der Waals surface area contributed by atoms with Crippen molar-refractivity contribution in [3.05, 3.63) is 80.6 Å². The Morgan fingerprint density at radius 3 is 2.67 bits per heavy atom. The molecule has 1 saturated heterocycles. The number of thioether (sulfide) groups is 1. The number of carbonyl (C=O) groups excluding carboxylic acids is 1. The number of thiocarbonyl (C=S) groups is 1. The Bertz CT molecular complexity index is 1350. The average Bonchev–Trinajstić information content (AvgIpc) is 3.15. The minimum absolute atomic E-state index is 0.151. The Morgan fingerprint density at radius 1 is 1.14 bits per heavy atom. The van der Waals surface area contributed by atoms with Gasteiger partial charge in [0.25, 0.3) is 11.5 Å². The highest BCUT2D eigenvalue weighted by molar-refractivity contribution is 8.26. The summed E-state index contributed by atoms with van der Waals surface area (Å²) in [7, 11) is 0. The van der Waals surface area contributed by atoms with Gasteiger partial charge in [-0.3, -0.25) is 18.9 Å². The van der Waals surface area contributed by atoms with E-state index in [1.807, 2.05) is 43.3 Å². The van der Waals surface area contributed by atoms with E-state index in [1.165, 1.54) is 16.2 Å². The first-order valence-corrected chi connectivity index (χ1v) is 13.4. The summed E-state index contributed by atoms with van der Waals surface area (Å²) in [6, 6.07) is 13.0. The molecule has 1 aliphatic heterocycles. The van der Waals surface area contributed by atoms with Crippen LogP contribution in [-0.2, 0) is 4.79 Å². The topological polar surface area (TPSA) is 86.9 Å². The highest BCUT2D eigenvalue weighted by Crippen LogP contribution is 2.33. The van der Waals surface area contributed by atoms with E-state index in [4.69, 9.17) is 17.2 Å². The van der Waals surface area contributed by atoms with Crippen LogP contribution in [0.1, 0.15) is 55.4 Å². The number of hydrogen-bond donors (Lipinski definition) is 2. The summed E-state index contributed by atoms with van der Waals surface area (Å²) in [4.78, 5) is 33.4. The van der Waals surface area contributed by atoms with Gasteiger partial charge in [0.2, 0.25) is 0 Å². The fourth-order valence-electron chi connectivity index (χ4n) is 4.08. The molecule has 0 saturated carbocycles. The molecule has 7 nitrogen and oxygen atoms in total. The van der Waals surface area contributed by atoms with E-state index in [2.05, 4.69) is 12.2 Å². The predicted octanol–water partition coefficient (Wildman–Crippen LogP) is 4.93. The smallest absolute Gasteiger partial charge is 0.267 e. The zero-order valence-electron chi connectivity index (χ0n) is 20.4. The minimum Gasteiger partial charge on any atom is -0.387 e. The molecule has 36 heavy (non-hydrogen) atoms. The number of aliphatic hydroxyl groups is 1. The predicted molar refractivity (Wildman–Crippen MR) is 150 cm³/mol. The van der Waals surface area contributed by atoms with Gasteiger partial charge in [-0.25, -0.2) is 4.98 Å². The number of unbranched alkanes of at least 4 members (excludes halogenated alkanes) is 3. The van der Waals surface area contributed by atoms with E-state index >= 15 is 0 Å². The highest BCUT2D eigenvalue weighted by atomic mass is 32.2. The van der Waals surface area contributed by atoms with E-state index in [0.717, 1.165) is 36.8 Å². The largest absolute Gasteiger partial charge is 0.387 e. The molecule has 3 heterocycles. The summed E-state index contributed by atoms with van der Waals surface area (Å²) in [5.41, 5.74) is 2.06. The summed E-state index contributed by atoms with van der Waals surface area (Å²) in [5.74, 6) is 0.128. The van der Waals surface area contributed by atoms with Crippen molar-refractivity contribution in [2.45, 2.75) is 45.6 Å². The van der Waals surface area contributed by atoms with Gasteiger partial charge in [-0.1, -0.05) is 86.6 Å². The number of carbonyl (C=O) groups is 1. The van der Waals surface area contributed by atoms with Gasteiger partial charge in [-0.05, 0) is 36.6 Å². The quantitative estimate of drug-likeness (QED) is 0.222. The van der Waals surface area contributed by atoms with Crippen molar-refractivity contribution in [3.63, 3.8) is 0 Å². The zero-order chi connectivity index (χ0) is 25.7. The molecule has 1 aromatic carbocycles. The first-order chi connectivity index (χ1) is 17.4. The molecular weight excluding hydrogens is 492 g/mol. The van der Waals surface area contributed by atoms with E-state index in [0.29, 0.717) is 27.2 Å². The van der Waals surface area contributed by atoms with Gasteiger partial charge in [-0.15, -0.1) is 0 Å². The highest BCUT2D eigenvalue weighted by Gasteiger charge is 2.32. The second-order valence-electron chi connectivity index (χ2n) is 8.77. The van der Waals surface area contributed by atoms with Crippen LogP contribution in [0.4, 0.5) is 5.82 Å². The lowest BCUT2D eigenvalue weighted by Crippen LogP contribution is -2.29. The summed E-state index contributed by atoms with van der Waals surface area (Å²) >= 11 is 6.67. The third-order valence-electron chi connectivity index (χ3n) is 6.12. The number of rotatable bonds is 10. The monoisotopic (exact) mass is 522 g/mol. The Morgan fingerprint density at radius 2 is 1.92 bits per heavy atom. The molecule has 1 aliphatic rings. The molecule has 2 N–H and O–H groups in total. The minimum atomic E-state index is -0.794. The van der Waals surface area contributed by atoms with Crippen LogP contribution in [0.25, 0.3) is 11.7 Å². The Labute approximate surface area is 220 Å². The van der Waals surface area contributed by atoms with Gasteiger partial charge < -0.3 is 10.4 Å². The second kappa shape index (κ2) is 11.8. The normalized spacial score (nSPS) is 15.8. The van der Waals surface area contributed by atoms with Crippen LogP contribution < -0.4 is 10.9 Å². The number of anilines is 1. The number of fused-ring (bicyclic) bond motifs is 1. The van der Waals surface area contributed by atoms with Crippen LogP contribution >= 0.6 is 24.0 Å². The van der Waals surface area contributed by atoms with Crippen molar-refractivity contribution in [1.29, 1.82) is 0 Å². The Hall–Kier alpha value is -3.01. The fraction of sp³-hybridized carbons (Fsp3) is 0.333. The fourth-order valence-corrected chi connectivity index (χ4v) is 5.37. The van der Waals surface area contributed by atoms with Gasteiger partial charge in [0.1, 0.15) is 15.8 Å². The van der Waals surface area contributed by atoms with Gasteiger partial charge in [0, 0.05) is 19.3 Å². The lowest BCUT2D eigenvalue weighted by atomic mass is 10.1. The number of amides is 1. The van der Waals surface area contributed by atoms with Crippen LogP contribution in [-0.4, -0.2) is 42.7 Å². The number of hydrogen-bond acceptors (Lipinski definition) is 7. The molecule has 0 radical (unpaired) electrons. The molecule has 2 aromatic heterocycles. The van der Waals surface area contributed by atoms with Crippen molar-refractivity contribution in [1.82, 2.24) is 14.3 Å². The number of pyridine rings is 1. The Kier molecular flexibility index (Phi) is 8.56. The van der Waals surface area contributed by atoms with Gasteiger partial charge >= 0.3 is 0 Å². The molecule has 1 fully saturated rings. The average molecular weight is 523 g/mol. The SMILES string of the molecule is CCCCCCN1C(=O)/C(=C/c2c(NC[C@H](O)c3ccccc3)nc3c(C)cccn3c2=O)SC1=S. The van der Waals surface area contributed by atoms with Crippen LogP contribution in [0.2, 0.25) is 0 Å². The zero-order valence-corrected chi connectivity index (χ0v) is 22.1. The molecule has 188 valence electrons. The molecule has 0 spiro atoms. The molecule has 3 aromatic rings. The third-order valence-corrected chi connectivity index (χ3v) is 7.49. The first-order valence-electron chi connectivity index (χ1n) is 12.1. The van der Waals surface area contributed by atoms with E-state index in [1.54, 1.807) is 23.2 Å². The van der Waals surface area contributed by atoms with Crippen molar-refractivity contribution in [2.75, 3.05) is 18.4 Å². The summed E-state index contributed by atoms with van der Waals surface area (Å²) < 4.78 is 1.98. The maximum atomic E-state index is 13.5. The third kappa shape index (κ3) is 5.69. The maximum absolute atomic E-state index is 13.5. The lowest BCUT2D eigenvalue weighted by Gasteiger charge is -2.16. The summed E-state index contributed by atoms with van der Waals surface area (Å²) in [6.45, 7) is 4.75. The molecule has 1 atom stereocenters. The summed E-state index contributed by atoms with van der Waals surface area (Å²) in [6.07, 6.45) is 6.61. The van der Waals surface area contributed by atoms with Gasteiger partial charge in [-0.2, -0.15) is 0 Å². The molecular formula is C27H30N4O3S2. The van der Waals surface area contributed by atoms with E-state index in [9.17, 15) is 14.7 Å². The maximum Gasteiger partial charge on any atom is 0.267 e. The molecule has 0 unspecified atom stereocenters. The number of aryl methyl sites for hydroxylation is 1. The molecule has 4 rings (SSSR count). The Balaban J connectivity index is 1.67. The van der Waals surface area contributed by atoms with Crippen LogP contribution in [0.3, 0.4) is 0 Å². The number of aromatic nitrogens is 2. The molecule has 1 amide bonds. The second-order valence-corrected chi connectivity index (χ2v) is 10.4. The lowest BCUT2D eigenvalue weighted by molar-refractivity contribution is -0.122. The van der Waals surface area contributed by atoms with Crippen LogP contribution in [0.15, 0.2) is 58.4 Å². The van der Waals surface area contributed by atoms with Crippen LogP contribution in [0.5, 0.6) is 0 Å². The number of benzene rings is 1. The van der Waals surface area contributed by atoms with Crippen molar-refractivity contribution in [2.24, 2.45) is 0 Å².